The van der Waals surface area contributed by atoms with Crippen LogP contribution in [0.25, 0.3) is 0 Å². The highest BCUT2D eigenvalue weighted by Crippen LogP contribution is 2.13. The Morgan fingerprint density at radius 3 is 2.07 bits per heavy atom. The third-order valence-corrected chi connectivity index (χ3v) is 4.34. The predicted octanol–water partition coefficient (Wildman–Crippen LogP) is 1.47. The van der Waals surface area contributed by atoms with Crippen LogP contribution >= 0.6 is 0 Å². The Hall–Kier alpha value is -3.59. The Bertz CT molecular complexity index is 858. The topological polar surface area (TPSA) is 138 Å². The number of amides is 2. The van der Waals surface area contributed by atoms with E-state index in [1.54, 1.807) is 53.4 Å². The summed E-state index contributed by atoms with van der Waals surface area (Å²) < 4.78 is 0. The van der Waals surface area contributed by atoms with Gasteiger partial charge in [0.2, 0.25) is 0 Å². The first kappa shape index (κ1) is 19.2. The molecule has 0 bridgehead atoms. The van der Waals surface area contributed by atoms with Gasteiger partial charge in [0.15, 0.2) is 0 Å². The fraction of sp³-hybridized carbons (Fsp3) is 0.211. The maximum atomic E-state index is 12.6. The average Bonchev–Trinajstić information content (AvgIpc) is 2.70. The van der Waals surface area contributed by atoms with Gasteiger partial charge in [0.05, 0.1) is 13.1 Å². The van der Waals surface area contributed by atoms with Crippen molar-refractivity contribution in [2.75, 3.05) is 37.2 Å². The molecule has 0 unspecified atom stereocenters. The van der Waals surface area contributed by atoms with Crippen molar-refractivity contribution in [1.29, 1.82) is 5.41 Å². The van der Waals surface area contributed by atoms with Gasteiger partial charge >= 0.3 is 6.09 Å². The van der Waals surface area contributed by atoms with E-state index in [4.69, 9.17) is 21.7 Å². The Labute approximate surface area is 162 Å². The van der Waals surface area contributed by atoms with E-state index in [9.17, 15) is 9.59 Å². The van der Waals surface area contributed by atoms with Crippen molar-refractivity contribution in [1.82, 2.24) is 9.96 Å². The maximum absolute atomic E-state index is 12.6. The molecular weight excluding hydrogens is 360 g/mol. The molecule has 0 aliphatic carbocycles. The molecule has 28 heavy (non-hydrogen) atoms. The molecule has 3 rings (SSSR count). The number of nitrogen functional groups attached to an aromatic ring is 2. The van der Waals surface area contributed by atoms with Gasteiger partial charge in [-0.2, -0.15) is 0 Å². The number of piperazine rings is 1. The lowest BCUT2D eigenvalue weighted by molar-refractivity contribution is -0.113. The molecule has 1 aliphatic heterocycles. The molecule has 0 saturated carbocycles. The molecule has 0 spiro atoms. The normalized spacial score (nSPS) is 14.4. The number of nitrogens with two attached hydrogens (primary N) is 2. The Kier molecular flexibility index (Phi) is 5.75. The third-order valence-electron chi connectivity index (χ3n) is 4.34. The zero-order valence-corrected chi connectivity index (χ0v) is 15.2. The maximum Gasteiger partial charge on any atom is 0.430 e. The van der Waals surface area contributed by atoms with Crippen LogP contribution < -0.4 is 16.8 Å². The molecule has 1 aliphatic rings. The molecule has 1 fully saturated rings. The highest BCUT2D eigenvalue weighted by Gasteiger charge is 2.24. The number of carbonyl (C=O) groups excluding carboxylic acids is 2. The number of hydrogen-bond acceptors (Lipinski definition) is 6. The molecule has 146 valence electrons. The van der Waals surface area contributed by atoms with Crippen LogP contribution in [-0.4, -0.2) is 54.0 Å². The van der Waals surface area contributed by atoms with Crippen LogP contribution in [0.1, 0.15) is 15.9 Å². The zero-order chi connectivity index (χ0) is 20.1. The van der Waals surface area contributed by atoms with E-state index >= 15 is 0 Å². The minimum atomic E-state index is -0.593. The van der Waals surface area contributed by atoms with E-state index in [0.717, 1.165) is 0 Å². The second-order valence-electron chi connectivity index (χ2n) is 6.34. The van der Waals surface area contributed by atoms with Crippen LogP contribution in [0.5, 0.6) is 0 Å². The largest absolute Gasteiger partial charge is 0.430 e. The van der Waals surface area contributed by atoms with Crippen molar-refractivity contribution in [2.24, 2.45) is 5.73 Å². The van der Waals surface area contributed by atoms with E-state index in [-0.39, 0.29) is 11.7 Å². The summed E-state index contributed by atoms with van der Waals surface area (Å²) >= 11 is 0. The van der Waals surface area contributed by atoms with Gasteiger partial charge in [-0.1, -0.05) is 12.1 Å². The number of hydrogen-bond donors (Lipinski definition) is 4. The minimum absolute atomic E-state index is 0.0398. The number of nitrogens with one attached hydrogen (secondary N) is 2. The monoisotopic (exact) mass is 382 g/mol. The molecule has 2 amide bonds. The van der Waals surface area contributed by atoms with Gasteiger partial charge in [-0.15, -0.1) is 5.06 Å². The van der Waals surface area contributed by atoms with Crippen molar-refractivity contribution in [3.63, 3.8) is 0 Å². The van der Waals surface area contributed by atoms with Crippen molar-refractivity contribution in [2.45, 2.75) is 0 Å². The van der Waals surface area contributed by atoms with Crippen LogP contribution in [0, 0.1) is 5.41 Å². The molecule has 0 aromatic heterocycles. The van der Waals surface area contributed by atoms with Crippen molar-refractivity contribution < 1.29 is 14.4 Å². The first-order valence-electron chi connectivity index (χ1n) is 8.75. The number of anilines is 2. The van der Waals surface area contributed by atoms with Gasteiger partial charge in [-0.3, -0.25) is 15.5 Å². The van der Waals surface area contributed by atoms with Crippen LogP contribution in [0.15, 0.2) is 48.5 Å². The summed E-state index contributed by atoms with van der Waals surface area (Å²) in [7, 11) is 0. The van der Waals surface area contributed by atoms with E-state index in [1.807, 2.05) is 0 Å². The predicted molar refractivity (Wildman–Crippen MR) is 106 cm³/mol. The molecule has 0 radical (unpaired) electrons. The zero-order valence-electron chi connectivity index (χ0n) is 15.2. The van der Waals surface area contributed by atoms with Crippen LogP contribution in [0.4, 0.5) is 16.2 Å². The second-order valence-corrected chi connectivity index (χ2v) is 6.34. The first-order valence-corrected chi connectivity index (χ1v) is 8.75. The lowest BCUT2D eigenvalue weighted by Crippen LogP contribution is -2.49. The van der Waals surface area contributed by atoms with E-state index in [1.165, 1.54) is 5.06 Å². The highest BCUT2D eigenvalue weighted by molar-refractivity contribution is 5.98. The number of amidine groups is 1. The molecule has 2 aromatic carbocycles. The minimum Gasteiger partial charge on any atom is -0.399 e. The molecule has 6 N–H and O–H groups in total. The number of hydroxylamine groups is 2. The van der Waals surface area contributed by atoms with Gasteiger partial charge in [0, 0.05) is 35.6 Å². The molecule has 0 atom stereocenters. The fourth-order valence-corrected chi connectivity index (χ4v) is 2.78. The third kappa shape index (κ3) is 4.77. The molecule has 1 saturated heterocycles. The summed E-state index contributed by atoms with van der Waals surface area (Å²) in [4.78, 5) is 31.5. The van der Waals surface area contributed by atoms with Crippen molar-refractivity contribution >= 4 is 29.2 Å². The number of benzene rings is 2. The highest BCUT2D eigenvalue weighted by atomic mass is 16.7. The second kappa shape index (κ2) is 8.40. The van der Waals surface area contributed by atoms with E-state index in [2.05, 4.69) is 5.32 Å². The van der Waals surface area contributed by atoms with Gasteiger partial charge in [0.25, 0.3) is 5.91 Å². The molecule has 9 nitrogen and oxygen atoms in total. The Balaban J connectivity index is 1.48. The quantitative estimate of drug-likeness (QED) is 0.359. The fourth-order valence-electron chi connectivity index (χ4n) is 2.78. The van der Waals surface area contributed by atoms with E-state index in [0.29, 0.717) is 48.7 Å². The summed E-state index contributed by atoms with van der Waals surface area (Å²) in [6.45, 7) is 1.68. The van der Waals surface area contributed by atoms with Crippen molar-refractivity contribution in [3.05, 3.63) is 59.7 Å². The molecule has 2 aromatic rings. The van der Waals surface area contributed by atoms with Crippen molar-refractivity contribution in [3.8, 4) is 0 Å². The average molecular weight is 382 g/mol. The van der Waals surface area contributed by atoms with E-state index < -0.39 is 6.09 Å². The summed E-state index contributed by atoms with van der Waals surface area (Å²) in [5.74, 6) is -0.150. The van der Waals surface area contributed by atoms with Gasteiger partial charge in [0.1, 0.15) is 5.84 Å². The molecule has 9 heteroatoms. The summed E-state index contributed by atoms with van der Waals surface area (Å²) in [6.07, 6.45) is -0.593. The SMILES string of the molecule is N=C(N)c1ccc(C(=O)N2CCN(OC(=O)Nc3ccc(N)cc3)CC2)cc1. The van der Waals surface area contributed by atoms with Crippen LogP contribution in [-0.2, 0) is 4.84 Å². The molecule has 1 heterocycles. The summed E-state index contributed by atoms with van der Waals surface area (Å²) in [6, 6.07) is 13.3. The van der Waals surface area contributed by atoms with Gasteiger partial charge in [-0.05, 0) is 36.4 Å². The van der Waals surface area contributed by atoms with Crippen LogP contribution in [0.3, 0.4) is 0 Å². The number of carbonyl (C=O) groups is 2. The summed E-state index contributed by atoms with van der Waals surface area (Å²) in [5.41, 5.74) is 13.3. The molecular formula is C19H22N6O3. The Morgan fingerprint density at radius 2 is 1.50 bits per heavy atom. The lowest BCUT2D eigenvalue weighted by Gasteiger charge is -2.33. The van der Waals surface area contributed by atoms with Crippen LogP contribution in [0.2, 0.25) is 0 Å². The number of nitrogens with zero attached hydrogens (tertiary/aromatic N) is 2. The Morgan fingerprint density at radius 1 is 0.929 bits per heavy atom. The smallest absolute Gasteiger partial charge is 0.399 e. The van der Waals surface area contributed by atoms with Gasteiger partial charge in [-0.25, -0.2) is 4.79 Å². The standard InChI is InChI=1S/C19H22N6O3/c20-15-5-7-16(8-6-15)23-19(27)28-25-11-9-24(10-12-25)18(26)14-3-1-13(2-4-14)17(21)22/h1-8H,9-12,20H2,(H3,21,22)(H,23,27). The number of rotatable bonds is 4. The first-order chi connectivity index (χ1) is 13.4. The summed E-state index contributed by atoms with van der Waals surface area (Å²) in [5, 5.41) is 11.5. The van der Waals surface area contributed by atoms with Gasteiger partial charge < -0.3 is 21.2 Å². The lowest BCUT2D eigenvalue weighted by atomic mass is 10.1.